The number of carbonyl (C=O) groups excluding carboxylic acids is 1. The molecule has 0 aromatic heterocycles. The van der Waals surface area contributed by atoms with Crippen molar-refractivity contribution in [2.24, 2.45) is 0 Å². The standard InChI is InChI=1S/C12H15FN2O2/c1-15(9-3-4-9)12(16)7-17-11-6-8(13)2-5-10(11)14/h2,5-6,9H,3-4,7,14H2,1H3. The van der Waals surface area contributed by atoms with E-state index in [1.807, 2.05) is 0 Å². The summed E-state index contributed by atoms with van der Waals surface area (Å²) in [4.78, 5) is 13.3. The van der Waals surface area contributed by atoms with Gasteiger partial charge in [-0.1, -0.05) is 0 Å². The molecule has 0 spiro atoms. The Labute approximate surface area is 99.2 Å². The number of hydrogen-bond acceptors (Lipinski definition) is 3. The number of benzene rings is 1. The largest absolute Gasteiger partial charge is 0.482 e. The van der Waals surface area contributed by atoms with Gasteiger partial charge in [0.25, 0.3) is 5.91 Å². The van der Waals surface area contributed by atoms with E-state index in [1.165, 1.54) is 18.2 Å². The van der Waals surface area contributed by atoms with Gasteiger partial charge < -0.3 is 15.4 Å². The van der Waals surface area contributed by atoms with Gasteiger partial charge in [-0.3, -0.25) is 4.79 Å². The molecule has 1 amide bonds. The number of hydrogen-bond donors (Lipinski definition) is 1. The fourth-order valence-electron chi connectivity index (χ4n) is 1.54. The number of nitrogens with zero attached hydrogens (tertiary/aromatic N) is 1. The molecule has 1 aromatic carbocycles. The third-order valence-electron chi connectivity index (χ3n) is 2.81. The second-order valence-corrected chi connectivity index (χ2v) is 4.21. The first-order chi connectivity index (χ1) is 8.08. The van der Waals surface area contributed by atoms with Gasteiger partial charge in [0, 0.05) is 19.2 Å². The van der Waals surface area contributed by atoms with Crippen LogP contribution in [0, 0.1) is 5.82 Å². The second-order valence-electron chi connectivity index (χ2n) is 4.21. The summed E-state index contributed by atoms with van der Waals surface area (Å²) in [6.45, 7) is -0.110. The molecule has 1 saturated carbocycles. The molecule has 0 bridgehead atoms. The van der Waals surface area contributed by atoms with Crippen molar-refractivity contribution in [3.8, 4) is 5.75 Å². The van der Waals surface area contributed by atoms with E-state index in [4.69, 9.17) is 10.5 Å². The van der Waals surface area contributed by atoms with Crippen LogP contribution in [0.5, 0.6) is 5.75 Å². The van der Waals surface area contributed by atoms with Crippen molar-refractivity contribution >= 4 is 11.6 Å². The molecule has 0 unspecified atom stereocenters. The highest BCUT2D eigenvalue weighted by atomic mass is 19.1. The van der Waals surface area contributed by atoms with Crippen LogP contribution < -0.4 is 10.5 Å². The van der Waals surface area contributed by atoms with Gasteiger partial charge in [0.15, 0.2) is 6.61 Å². The predicted molar refractivity (Wildman–Crippen MR) is 62.1 cm³/mol. The fourth-order valence-corrected chi connectivity index (χ4v) is 1.54. The second kappa shape index (κ2) is 4.61. The lowest BCUT2D eigenvalue weighted by Gasteiger charge is -2.16. The quantitative estimate of drug-likeness (QED) is 0.807. The zero-order valence-corrected chi connectivity index (χ0v) is 9.65. The zero-order chi connectivity index (χ0) is 12.4. The number of halogens is 1. The van der Waals surface area contributed by atoms with Crippen LogP contribution in [0.25, 0.3) is 0 Å². The maximum absolute atomic E-state index is 12.9. The van der Waals surface area contributed by atoms with E-state index >= 15 is 0 Å². The molecule has 1 fully saturated rings. The van der Waals surface area contributed by atoms with E-state index in [1.54, 1.807) is 11.9 Å². The Morgan fingerprint density at radius 1 is 1.59 bits per heavy atom. The molecule has 1 aliphatic rings. The van der Waals surface area contributed by atoms with E-state index in [9.17, 15) is 9.18 Å². The first-order valence-corrected chi connectivity index (χ1v) is 5.51. The molecule has 0 aliphatic heterocycles. The topological polar surface area (TPSA) is 55.6 Å². The number of likely N-dealkylation sites (N-methyl/N-ethyl adjacent to an activating group) is 1. The van der Waals surface area contributed by atoms with Gasteiger partial charge in [0.05, 0.1) is 5.69 Å². The Bertz CT molecular complexity index is 433. The summed E-state index contributed by atoms with van der Waals surface area (Å²) >= 11 is 0. The van der Waals surface area contributed by atoms with Gasteiger partial charge in [-0.15, -0.1) is 0 Å². The molecule has 1 aromatic rings. The Hall–Kier alpha value is -1.78. The Kier molecular flexibility index (Phi) is 3.17. The lowest BCUT2D eigenvalue weighted by Crippen LogP contribution is -2.33. The molecule has 17 heavy (non-hydrogen) atoms. The molecule has 0 heterocycles. The highest BCUT2D eigenvalue weighted by Crippen LogP contribution is 2.26. The van der Waals surface area contributed by atoms with E-state index in [-0.39, 0.29) is 18.3 Å². The van der Waals surface area contributed by atoms with Crippen LogP contribution in [-0.4, -0.2) is 30.5 Å². The maximum Gasteiger partial charge on any atom is 0.260 e. The maximum atomic E-state index is 12.9. The van der Waals surface area contributed by atoms with Crippen LogP contribution in [-0.2, 0) is 4.79 Å². The van der Waals surface area contributed by atoms with Crippen molar-refractivity contribution < 1.29 is 13.9 Å². The normalized spacial score (nSPS) is 14.5. The Morgan fingerprint density at radius 2 is 2.29 bits per heavy atom. The van der Waals surface area contributed by atoms with Gasteiger partial charge in [-0.05, 0) is 25.0 Å². The zero-order valence-electron chi connectivity index (χ0n) is 9.65. The van der Waals surface area contributed by atoms with E-state index in [2.05, 4.69) is 0 Å². The molecular formula is C12H15FN2O2. The SMILES string of the molecule is CN(C(=O)COc1cc(F)ccc1N)C1CC1. The minimum Gasteiger partial charge on any atom is -0.482 e. The monoisotopic (exact) mass is 238 g/mol. The molecule has 0 saturated heterocycles. The summed E-state index contributed by atoms with van der Waals surface area (Å²) < 4.78 is 18.2. The Morgan fingerprint density at radius 3 is 2.94 bits per heavy atom. The number of nitrogens with two attached hydrogens (primary N) is 1. The van der Waals surface area contributed by atoms with Crippen molar-refractivity contribution in [2.75, 3.05) is 19.4 Å². The molecule has 4 nitrogen and oxygen atoms in total. The summed E-state index contributed by atoms with van der Waals surface area (Å²) in [5.41, 5.74) is 5.93. The molecule has 2 rings (SSSR count). The first-order valence-electron chi connectivity index (χ1n) is 5.51. The number of carbonyl (C=O) groups is 1. The number of ether oxygens (including phenoxy) is 1. The highest BCUT2D eigenvalue weighted by molar-refractivity contribution is 5.78. The predicted octanol–water partition coefficient (Wildman–Crippen LogP) is 1.41. The number of amides is 1. The molecule has 2 N–H and O–H groups in total. The summed E-state index contributed by atoms with van der Waals surface area (Å²) in [5, 5.41) is 0. The van der Waals surface area contributed by atoms with Crippen molar-refractivity contribution in [3.63, 3.8) is 0 Å². The third kappa shape index (κ3) is 2.87. The summed E-state index contributed by atoms with van der Waals surface area (Å²) in [6, 6.07) is 4.19. The average molecular weight is 238 g/mol. The van der Waals surface area contributed by atoms with Crippen LogP contribution >= 0.6 is 0 Å². The average Bonchev–Trinajstić information content (AvgIpc) is 3.13. The molecule has 92 valence electrons. The third-order valence-corrected chi connectivity index (χ3v) is 2.81. The van der Waals surface area contributed by atoms with Gasteiger partial charge in [-0.25, -0.2) is 4.39 Å². The molecule has 0 radical (unpaired) electrons. The van der Waals surface area contributed by atoms with Gasteiger partial charge >= 0.3 is 0 Å². The van der Waals surface area contributed by atoms with Crippen molar-refractivity contribution in [2.45, 2.75) is 18.9 Å². The van der Waals surface area contributed by atoms with E-state index in [0.717, 1.165) is 12.8 Å². The van der Waals surface area contributed by atoms with Crippen LogP contribution in [0.15, 0.2) is 18.2 Å². The van der Waals surface area contributed by atoms with Crippen LogP contribution in [0.3, 0.4) is 0 Å². The molecule has 5 heteroatoms. The molecule has 0 atom stereocenters. The fraction of sp³-hybridized carbons (Fsp3) is 0.417. The molecule has 1 aliphatic carbocycles. The van der Waals surface area contributed by atoms with Crippen molar-refractivity contribution in [3.05, 3.63) is 24.0 Å². The molecular weight excluding hydrogens is 223 g/mol. The van der Waals surface area contributed by atoms with Gasteiger partial charge in [0.2, 0.25) is 0 Å². The smallest absolute Gasteiger partial charge is 0.260 e. The van der Waals surface area contributed by atoms with Gasteiger partial charge in [0.1, 0.15) is 11.6 Å². The van der Waals surface area contributed by atoms with Crippen LogP contribution in [0.1, 0.15) is 12.8 Å². The lowest BCUT2D eigenvalue weighted by molar-refractivity contribution is -0.132. The van der Waals surface area contributed by atoms with E-state index < -0.39 is 5.82 Å². The lowest BCUT2D eigenvalue weighted by atomic mass is 10.3. The summed E-state index contributed by atoms with van der Waals surface area (Å²) in [5.74, 6) is -0.337. The van der Waals surface area contributed by atoms with Crippen molar-refractivity contribution in [1.29, 1.82) is 0 Å². The summed E-state index contributed by atoms with van der Waals surface area (Å²) in [6.07, 6.45) is 2.09. The first kappa shape index (κ1) is 11.7. The Balaban J connectivity index is 1.92. The van der Waals surface area contributed by atoms with Crippen molar-refractivity contribution in [1.82, 2.24) is 4.90 Å². The van der Waals surface area contributed by atoms with Gasteiger partial charge in [-0.2, -0.15) is 0 Å². The van der Waals surface area contributed by atoms with E-state index in [0.29, 0.717) is 11.7 Å². The number of nitrogen functional groups attached to an aromatic ring is 1. The minimum absolute atomic E-state index is 0.110. The highest BCUT2D eigenvalue weighted by Gasteiger charge is 2.29. The number of rotatable bonds is 4. The number of anilines is 1. The van der Waals surface area contributed by atoms with Crippen LogP contribution in [0.4, 0.5) is 10.1 Å². The summed E-state index contributed by atoms with van der Waals surface area (Å²) in [7, 11) is 1.75. The minimum atomic E-state index is -0.433. The van der Waals surface area contributed by atoms with Crippen LogP contribution in [0.2, 0.25) is 0 Å².